The van der Waals surface area contributed by atoms with E-state index < -0.39 is 17.6 Å². The lowest BCUT2D eigenvalue weighted by atomic mass is 9.91. The highest BCUT2D eigenvalue weighted by atomic mass is 35.5. The zero-order valence-corrected chi connectivity index (χ0v) is 20.5. The number of aromatic carboxylic acids is 1. The second kappa shape index (κ2) is 10.9. The first-order chi connectivity index (χ1) is 17.7. The van der Waals surface area contributed by atoms with Crippen LogP contribution in [0.3, 0.4) is 0 Å². The van der Waals surface area contributed by atoms with Crippen LogP contribution in [0.4, 0.5) is 13.2 Å². The van der Waals surface area contributed by atoms with Gasteiger partial charge in [0.15, 0.2) is 5.82 Å². The summed E-state index contributed by atoms with van der Waals surface area (Å²) in [4.78, 5) is 19.2. The quantitative estimate of drug-likeness (QED) is 0.183. The van der Waals surface area contributed by atoms with Crippen molar-refractivity contribution in [3.8, 4) is 0 Å². The Morgan fingerprint density at radius 1 is 1.11 bits per heavy atom. The predicted molar refractivity (Wildman–Crippen MR) is 139 cm³/mol. The summed E-state index contributed by atoms with van der Waals surface area (Å²) < 4.78 is 42.5. The highest BCUT2D eigenvalue weighted by Gasteiger charge is 2.20. The average Bonchev–Trinajstić information content (AvgIpc) is 3.30. The van der Waals surface area contributed by atoms with Gasteiger partial charge in [-0.25, -0.2) is 22.9 Å². The number of nitrogens with one attached hydrogen (secondary N) is 1. The van der Waals surface area contributed by atoms with Gasteiger partial charge in [-0.05, 0) is 66.9 Å². The van der Waals surface area contributed by atoms with Crippen LogP contribution in [-0.4, -0.2) is 21.0 Å². The fourth-order valence-corrected chi connectivity index (χ4v) is 4.19. The van der Waals surface area contributed by atoms with Crippen LogP contribution >= 0.6 is 11.6 Å². The summed E-state index contributed by atoms with van der Waals surface area (Å²) in [6.07, 6.45) is 5.03. The Bertz CT molecular complexity index is 1560. The number of nitrogens with zero attached hydrogens (tertiary/aromatic N) is 1. The van der Waals surface area contributed by atoms with Gasteiger partial charge in [0.25, 0.3) is 0 Å². The monoisotopic (exact) mass is 522 g/mol. The first-order valence-corrected chi connectivity index (χ1v) is 11.7. The van der Waals surface area contributed by atoms with Crippen LogP contribution in [0, 0.1) is 17.5 Å². The molecule has 1 aromatic heterocycles. The summed E-state index contributed by atoms with van der Waals surface area (Å²) in [5.41, 5.74) is 2.78. The molecule has 37 heavy (non-hydrogen) atoms. The predicted octanol–water partition coefficient (Wildman–Crippen LogP) is 7.87. The van der Waals surface area contributed by atoms with E-state index in [1.807, 2.05) is 6.92 Å². The van der Waals surface area contributed by atoms with Gasteiger partial charge in [-0.3, -0.25) is 0 Å². The number of aromatic amines is 1. The number of carboxylic acid groups (broad SMARTS) is 1. The second-order valence-electron chi connectivity index (χ2n) is 8.50. The number of halogens is 4. The second-order valence-corrected chi connectivity index (χ2v) is 8.90. The maximum absolute atomic E-state index is 14.6. The van der Waals surface area contributed by atoms with Crippen LogP contribution in [-0.2, 0) is 6.42 Å². The zero-order valence-electron chi connectivity index (χ0n) is 19.7. The molecule has 4 nitrogen and oxygen atoms in total. The van der Waals surface area contributed by atoms with Crippen LogP contribution in [0.1, 0.15) is 40.2 Å². The lowest BCUT2D eigenvalue weighted by Gasteiger charge is -2.16. The Balaban J connectivity index is 1.78. The van der Waals surface area contributed by atoms with Gasteiger partial charge in [0, 0.05) is 5.92 Å². The molecule has 0 saturated heterocycles. The van der Waals surface area contributed by atoms with Crippen molar-refractivity contribution in [2.75, 3.05) is 0 Å². The molecule has 4 rings (SSSR count). The molecule has 0 bridgehead atoms. The number of allylic oxidation sites excluding steroid dienone is 5. The Morgan fingerprint density at radius 2 is 1.84 bits per heavy atom. The Kier molecular flexibility index (Phi) is 7.64. The Morgan fingerprint density at radius 3 is 2.51 bits per heavy atom. The van der Waals surface area contributed by atoms with Crippen LogP contribution in [0.25, 0.3) is 16.6 Å². The maximum Gasteiger partial charge on any atom is 0.335 e. The summed E-state index contributed by atoms with van der Waals surface area (Å²) in [5.74, 6) is -2.86. The van der Waals surface area contributed by atoms with Gasteiger partial charge in [-0.15, -0.1) is 0 Å². The fourth-order valence-electron chi connectivity index (χ4n) is 4.04. The topological polar surface area (TPSA) is 66.0 Å². The number of H-pyrrole nitrogens is 1. The number of carbonyl (C=O) groups is 1. The van der Waals surface area contributed by atoms with Crippen molar-refractivity contribution in [3.63, 3.8) is 0 Å². The normalized spacial score (nSPS) is 13.1. The van der Waals surface area contributed by atoms with Gasteiger partial charge < -0.3 is 10.1 Å². The minimum absolute atomic E-state index is 0.108. The first-order valence-electron chi connectivity index (χ1n) is 11.3. The minimum atomic E-state index is -1.06. The molecule has 2 N–H and O–H groups in total. The van der Waals surface area contributed by atoms with Gasteiger partial charge in [0.05, 0.1) is 27.2 Å². The molecule has 1 atom stereocenters. The van der Waals surface area contributed by atoms with Crippen molar-refractivity contribution < 1.29 is 23.1 Å². The zero-order chi connectivity index (χ0) is 26.7. The van der Waals surface area contributed by atoms with Crippen LogP contribution in [0.15, 0.2) is 85.0 Å². The number of carboxylic acids is 1. The molecule has 8 heteroatoms. The molecule has 0 unspecified atom stereocenters. The molecule has 0 fully saturated rings. The third kappa shape index (κ3) is 5.67. The van der Waals surface area contributed by atoms with Crippen LogP contribution in [0.5, 0.6) is 0 Å². The number of imidazole rings is 1. The van der Waals surface area contributed by atoms with E-state index in [2.05, 4.69) is 16.5 Å². The number of aromatic nitrogens is 2. The molecule has 1 heterocycles. The van der Waals surface area contributed by atoms with E-state index in [0.717, 1.165) is 23.3 Å². The van der Waals surface area contributed by atoms with Crippen LogP contribution < -0.4 is 0 Å². The Hall–Kier alpha value is -4.10. The summed E-state index contributed by atoms with van der Waals surface area (Å²) in [5, 5.41) is 9.10. The number of benzene rings is 3. The fraction of sp³-hybridized carbons (Fsp3) is 0.103. The van der Waals surface area contributed by atoms with Gasteiger partial charge in [-0.2, -0.15) is 0 Å². The first kappa shape index (κ1) is 26.0. The van der Waals surface area contributed by atoms with Gasteiger partial charge in [-0.1, -0.05) is 54.1 Å². The van der Waals surface area contributed by atoms with E-state index >= 15 is 0 Å². The lowest BCUT2D eigenvalue weighted by Crippen LogP contribution is -2.07. The van der Waals surface area contributed by atoms with Crippen molar-refractivity contribution in [1.29, 1.82) is 0 Å². The van der Waals surface area contributed by atoms with Crippen molar-refractivity contribution in [1.82, 2.24) is 9.97 Å². The van der Waals surface area contributed by atoms with Crippen molar-refractivity contribution >= 4 is 34.2 Å². The molecule has 0 saturated carbocycles. The number of rotatable bonds is 8. The van der Waals surface area contributed by atoms with E-state index in [1.54, 1.807) is 30.4 Å². The van der Waals surface area contributed by atoms with Crippen molar-refractivity contribution in [3.05, 3.63) is 130 Å². The number of fused-ring (bicyclic) bond motifs is 1. The molecule has 0 aliphatic rings. The maximum atomic E-state index is 14.6. The van der Waals surface area contributed by atoms with E-state index in [0.29, 0.717) is 23.3 Å². The summed E-state index contributed by atoms with van der Waals surface area (Å²) >= 11 is 5.86. The molecule has 0 aliphatic heterocycles. The molecule has 0 spiro atoms. The molecule has 0 aliphatic carbocycles. The van der Waals surface area contributed by atoms with E-state index in [9.17, 15) is 23.1 Å². The third-order valence-electron chi connectivity index (χ3n) is 6.06. The summed E-state index contributed by atoms with van der Waals surface area (Å²) in [6, 6.07) is 12.9. The Labute approximate surface area is 216 Å². The standard InChI is InChI=1S/C29H22ClF3N2O2/c1-3-18(26-23(32)12-11-22(30)27(26)33)7-4-16(2)21(14-17-5-9-20(31)10-6-17)28-34-24-13-8-19(29(36)37)15-25(24)35-28/h3-13,15,21H,1,14H2,2H3,(H,34,35)(H,36,37)/b16-4+,18-7+/t21-/m1/s1. The molecule has 3 aromatic carbocycles. The van der Waals surface area contributed by atoms with Crippen molar-refractivity contribution in [2.45, 2.75) is 19.3 Å². The molecular weight excluding hydrogens is 501 g/mol. The molecule has 0 radical (unpaired) electrons. The highest BCUT2D eigenvalue weighted by Crippen LogP contribution is 2.31. The highest BCUT2D eigenvalue weighted by molar-refractivity contribution is 6.31. The average molecular weight is 523 g/mol. The summed E-state index contributed by atoms with van der Waals surface area (Å²) in [6.45, 7) is 5.52. The van der Waals surface area contributed by atoms with Gasteiger partial charge in [0.1, 0.15) is 17.5 Å². The van der Waals surface area contributed by atoms with Gasteiger partial charge in [0.2, 0.25) is 0 Å². The minimum Gasteiger partial charge on any atom is -0.478 e. The molecular formula is C29H22ClF3N2O2. The molecule has 0 amide bonds. The SMILES string of the molecule is C=C/C(=C\C=C(/C)[C@@H](Cc1ccc(F)cc1)c1nc2cc(C(=O)O)ccc2[nH]1)c1c(F)ccc(Cl)c1F. The lowest BCUT2D eigenvalue weighted by molar-refractivity contribution is 0.0697. The number of hydrogen-bond acceptors (Lipinski definition) is 2. The smallest absolute Gasteiger partial charge is 0.335 e. The van der Waals surface area contributed by atoms with Crippen LogP contribution in [0.2, 0.25) is 5.02 Å². The largest absolute Gasteiger partial charge is 0.478 e. The van der Waals surface area contributed by atoms with Gasteiger partial charge >= 0.3 is 5.97 Å². The molecule has 188 valence electrons. The third-order valence-corrected chi connectivity index (χ3v) is 6.35. The molecule has 4 aromatic rings. The summed E-state index contributed by atoms with van der Waals surface area (Å²) in [7, 11) is 0. The van der Waals surface area contributed by atoms with E-state index in [1.165, 1.54) is 30.3 Å². The van der Waals surface area contributed by atoms with E-state index in [-0.39, 0.29) is 33.5 Å². The number of hydrogen-bond donors (Lipinski definition) is 2. The van der Waals surface area contributed by atoms with E-state index in [4.69, 9.17) is 11.6 Å². The van der Waals surface area contributed by atoms with Crippen molar-refractivity contribution in [2.24, 2.45) is 0 Å².